The van der Waals surface area contributed by atoms with Gasteiger partial charge in [-0.3, -0.25) is 4.55 Å². The fourth-order valence-electron chi connectivity index (χ4n) is 3.26. The molecule has 0 saturated carbocycles. The van der Waals surface area contributed by atoms with Crippen LogP contribution in [0.15, 0.2) is 105 Å². The highest BCUT2D eigenvalue weighted by Crippen LogP contribution is 2.54. The Labute approximate surface area is 303 Å². The van der Waals surface area contributed by atoms with Crippen molar-refractivity contribution in [1.82, 2.24) is 0 Å². The van der Waals surface area contributed by atoms with Crippen LogP contribution < -0.4 is 14.2 Å². The van der Waals surface area contributed by atoms with Crippen molar-refractivity contribution in [3.63, 3.8) is 0 Å². The molecule has 52 heavy (non-hydrogen) atoms. The Morgan fingerprint density at radius 1 is 0.635 bits per heavy atom. The predicted molar refractivity (Wildman–Crippen MR) is 181 cm³/mol. The Hall–Kier alpha value is -4.23. The van der Waals surface area contributed by atoms with Gasteiger partial charge in [0.2, 0.25) is 0 Å². The van der Waals surface area contributed by atoms with E-state index < -0.39 is 33.4 Å². The molecule has 0 aliphatic carbocycles. The lowest BCUT2D eigenvalue weighted by atomic mass is 10.1. The quantitative estimate of drug-likeness (QED) is 0.0747. The minimum Gasteiger partial charge on any atom is -0.498 e. The third-order valence-corrected chi connectivity index (χ3v) is 6.62. The van der Waals surface area contributed by atoms with Gasteiger partial charge in [-0.25, -0.2) is 0 Å². The highest BCUT2D eigenvalue weighted by atomic mass is 32.2. The molecule has 8 nitrogen and oxygen atoms in total. The number of hydrogen-bond donors (Lipinski definition) is 1. The van der Waals surface area contributed by atoms with Crippen LogP contribution in [0.25, 0.3) is 0 Å². The minimum absolute atomic E-state index is 0. The minimum atomic E-state index is -7.37. The van der Waals surface area contributed by atoms with Crippen molar-refractivity contribution in [2.45, 2.75) is 37.1 Å². The molecule has 0 atom stereocenters. The highest BCUT2D eigenvalue weighted by molar-refractivity contribution is 7.87. The van der Waals surface area contributed by atoms with Crippen molar-refractivity contribution in [2.24, 2.45) is 0 Å². The molecule has 3 aromatic carbocycles. The van der Waals surface area contributed by atoms with Crippen LogP contribution in [-0.4, -0.2) is 69.8 Å². The van der Waals surface area contributed by atoms with Gasteiger partial charge in [0.25, 0.3) is 0 Å². The lowest BCUT2D eigenvalue weighted by Gasteiger charge is -2.31. The number of methoxy groups -OCH3 is 1. The second-order valence-electron chi connectivity index (χ2n) is 9.46. The monoisotopic (exact) mass is 798 g/mol. The summed E-state index contributed by atoms with van der Waals surface area (Å²) < 4.78 is 160. The summed E-state index contributed by atoms with van der Waals surface area (Å²) in [4.78, 5) is 0. The van der Waals surface area contributed by atoms with Gasteiger partial charge in [0.15, 0.2) is 0 Å². The lowest BCUT2D eigenvalue weighted by Crippen LogP contribution is -2.63. The van der Waals surface area contributed by atoms with Gasteiger partial charge in [-0.2, -0.15) is 61.4 Å². The SMILES string of the molecule is C=COCCOc1ccccc1.C=COCCOc1ccccc1.COc1c(C)cccc1C.O=S(=O)(O)C(F)(F)C(F)(F)C(F)(F)C(F)(F)F.S. The summed E-state index contributed by atoms with van der Waals surface area (Å²) in [6, 6.07) is 25.4. The van der Waals surface area contributed by atoms with E-state index in [1.807, 2.05) is 92.7 Å². The van der Waals surface area contributed by atoms with Gasteiger partial charge in [0, 0.05) is 0 Å². The maximum Gasteiger partial charge on any atom is 0.460 e. The summed E-state index contributed by atoms with van der Waals surface area (Å²) in [5.74, 6) is -12.0. The molecule has 0 unspecified atom stereocenters. The van der Waals surface area contributed by atoms with Gasteiger partial charge in [-0.1, -0.05) is 67.8 Å². The first kappa shape index (κ1) is 49.9. The number of aryl methyl sites for hydroxylation is 2. The Balaban J connectivity index is 0. The van der Waals surface area contributed by atoms with Gasteiger partial charge < -0.3 is 23.7 Å². The van der Waals surface area contributed by atoms with Gasteiger partial charge >= 0.3 is 33.4 Å². The third kappa shape index (κ3) is 16.0. The van der Waals surface area contributed by atoms with Crippen LogP contribution in [0.1, 0.15) is 11.1 Å². The summed E-state index contributed by atoms with van der Waals surface area (Å²) in [7, 11) is -5.46. The van der Waals surface area contributed by atoms with Crippen LogP contribution in [0.3, 0.4) is 0 Å². The number of hydrogen-bond acceptors (Lipinski definition) is 7. The lowest BCUT2D eigenvalue weighted by molar-refractivity contribution is -0.382. The molecule has 19 heteroatoms. The molecule has 294 valence electrons. The van der Waals surface area contributed by atoms with Gasteiger partial charge in [-0.05, 0) is 49.2 Å². The Morgan fingerprint density at radius 3 is 1.27 bits per heavy atom. The van der Waals surface area contributed by atoms with E-state index >= 15 is 0 Å². The van der Waals surface area contributed by atoms with Crippen LogP contribution in [0.5, 0.6) is 17.2 Å². The zero-order chi connectivity index (χ0) is 39.4. The van der Waals surface area contributed by atoms with Gasteiger partial charge in [0.1, 0.15) is 43.7 Å². The van der Waals surface area contributed by atoms with Crippen molar-refractivity contribution in [2.75, 3.05) is 33.5 Å². The van der Waals surface area contributed by atoms with Crippen LogP contribution in [-0.2, 0) is 19.6 Å². The largest absolute Gasteiger partial charge is 0.498 e. The van der Waals surface area contributed by atoms with E-state index in [4.69, 9.17) is 28.2 Å². The van der Waals surface area contributed by atoms with Gasteiger partial charge in [-0.15, -0.1) is 0 Å². The molecule has 0 spiro atoms. The first-order valence-electron chi connectivity index (χ1n) is 14.2. The zero-order valence-electron chi connectivity index (χ0n) is 28.0. The molecule has 0 saturated heterocycles. The standard InChI is InChI=1S/2C10H12O2.C9H12O.C4HF9O3S.H2S/c2*1-2-11-8-9-12-10-6-4-3-5-7-10;1-7-5-4-6-8(2)9(7)10-3;5-1(6,3(9,10)11)2(7,8)4(12,13)17(14,15)16;/h2*2-7H,1,8-9H2;4-6H,1-3H3;(H,14,15,16);1H2. The van der Waals surface area contributed by atoms with Crippen LogP contribution in [0.4, 0.5) is 39.5 Å². The van der Waals surface area contributed by atoms with Crippen molar-refractivity contribution in [3.8, 4) is 17.2 Å². The third-order valence-electron chi connectivity index (χ3n) is 5.71. The fourth-order valence-corrected chi connectivity index (χ4v) is 3.71. The van der Waals surface area contributed by atoms with Crippen molar-refractivity contribution in [1.29, 1.82) is 0 Å². The van der Waals surface area contributed by atoms with Crippen LogP contribution >= 0.6 is 13.5 Å². The summed E-state index contributed by atoms with van der Waals surface area (Å²) in [6.45, 7) is 13.1. The van der Waals surface area contributed by atoms with E-state index in [-0.39, 0.29) is 13.5 Å². The van der Waals surface area contributed by atoms with Crippen LogP contribution in [0.2, 0.25) is 0 Å². The molecule has 0 radical (unpaired) electrons. The number of benzene rings is 3. The molecule has 0 aliphatic rings. The smallest absolute Gasteiger partial charge is 0.460 e. The molecule has 1 N–H and O–H groups in total. The second kappa shape index (κ2) is 23.4. The highest BCUT2D eigenvalue weighted by Gasteiger charge is 2.85. The fraction of sp³-hybridized carbons (Fsp3) is 0.333. The predicted octanol–water partition coefficient (Wildman–Crippen LogP) is 9.18. The number of halogens is 9. The first-order valence-corrected chi connectivity index (χ1v) is 15.6. The van der Waals surface area contributed by atoms with Crippen LogP contribution in [0, 0.1) is 13.8 Å². The van der Waals surface area contributed by atoms with E-state index in [9.17, 15) is 47.9 Å². The average molecular weight is 799 g/mol. The topological polar surface area (TPSA) is 101 Å². The Morgan fingerprint density at radius 2 is 1.00 bits per heavy atom. The number of ether oxygens (including phenoxy) is 5. The summed E-state index contributed by atoms with van der Waals surface area (Å²) >= 11 is 0. The molecule has 0 bridgehead atoms. The van der Waals surface area contributed by atoms with Gasteiger partial charge in [0.05, 0.1) is 19.6 Å². The molecule has 0 heterocycles. The maximum absolute atomic E-state index is 12.2. The van der Waals surface area contributed by atoms with E-state index in [0.29, 0.717) is 26.4 Å². The molecular formula is C33H39F9O8S2. The maximum atomic E-state index is 12.2. The zero-order valence-corrected chi connectivity index (χ0v) is 29.8. The molecule has 3 aromatic rings. The Kier molecular flexibility index (Phi) is 22.4. The van der Waals surface area contributed by atoms with E-state index in [1.54, 1.807) is 7.11 Å². The summed E-state index contributed by atoms with van der Waals surface area (Å²) in [5, 5.41) is -7.00. The molecule has 3 rings (SSSR count). The van der Waals surface area contributed by atoms with Crippen molar-refractivity contribution in [3.05, 3.63) is 116 Å². The average Bonchev–Trinajstić information content (AvgIpc) is 3.06. The molecule has 0 aromatic heterocycles. The van der Waals surface area contributed by atoms with E-state index in [0.717, 1.165) is 17.2 Å². The Bertz CT molecular complexity index is 1470. The van der Waals surface area contributed by atoms with Crippen molar-refractivity contribution >= 4 is 23.6 Å². The normalized spacial score (nSPS) is 11.2. The molecule has 0 amide bonds. The first-order chi connectivity index (χ1) is 23.6. The molecule has 0 fully saturated rings. The number of para-hydroxylation sites is 3. The van der Waals surface area contributed by atoms with E-state index in [2.05, 4.69) is 13.2 Å². The van der Waals surface area contributed by atoms with E-state index in [1.165, 1.54) is 23.7 Å². The molecular weight excluding hydrogens is 759 g/mol. The summed E-state index contributed by atoms with van der Waals surface area (Å²) in [5.41, 5.74) is 2.39. The second-order valence-corrected chi connectivity index (χ2v) is 10.9. The molecule has 0 aliphatic heterocycles. The van der Waals surface area contributed by atoms with Crippen molar-refractivity contribution < 1.29 is 76.2 Å². The summed E-state index contributed by atoms with van der Waals surface area (Å²) in [6.07, 6.45) is -4.31. The number of rotatable bonds is 14. The number of alkyl halides is 9.